The number of hydrogen-bond donors (Lipinski definition) is 1. The molecule has 0 saturated heterocycles. The van der Waals surface area contributed by atoms with Gasteiger partial charge in [-0.15, -0.1) is 0 Å². The van der Waals surface area contributed by atoms with E-state index in [0.29, 0.717) is 12.5 Å². The van der Waals surface area contributed by atoms with Crippen LogP contribution in [-0.4, -0.2) is 12.5 Å². The molecule has 2 nitrogen and oxygen atoms in total. The molecule has 1 saturated carbocycles. The molecular formula is C16H17NO. The SMILES string of the molecule is C/C(=C\C(=O)NCC#Cc1ccccc1)C1CC1. The molecule has 1 N–H and O–H groups in total. The van der Waals surface area contributed by atoms with Gasteiger partial charge in [-0.3, -0.25) is 4.79 Å². The molecule has 1 amide bonds. The smallest absolute Gasteiger partial charge is 0.244 e. The molecular weight excluding hydrogens is 222 g/mol. The van der Waals surface area contributed by atoms with E-state index < -0.39 is 0 Å². The lowest BCUT2D eigenvalue weighted by molar-refractivity contribution is -0.116. The molecule has 0 spiro atoms. The number of amides is 1. The van der Waals surface area contributed by atoms with Crippen LogP contribution in [0.15, 0.2) is 42.0 Å². The molecule has 1 fully saturated rings. The summed E-state index contributed by atoms with van der Waals surface area (Å²) in [5.41, 5.74) is 2.15. The van der Waals surface area contributed by atoms with Crippen LogP contribution in [-0.2, 0) is 4.79 Å². The number of carbonyl (C=O) groups is 1. The molecule has 1 aliphatic carbocycles. The van der Waals surface area contributed by atoms with Crippen molar-refractivity contribution in [2.45, 2.75) is 19.8 Å². The zero-order chi connectivity index (χ0) is 12.8. The molecule has 0 heterocycles. The van der Waals surface area contributed by atoms with E-state index in [1.54, 1.807) is 6.08 Å². The van der Waals surface area contributed by atoms with E-state index in [1.165, 1.54) is 18.4 Å². The van der Waals surface area contributed by atoms with E-state index in [0.717, 1.165) is 5.56 Å². The Balaban J connectivity index is 1.77. The molecule has 2 heteroatoms. The second kappa shape index (κ2) is 6.07. The molecule has 0 radical (unpaired) electrons. The van der Waals surface area contributed by atoms with Crippen molar-refractivity contribution in [3.8, 4) is 11.8 Å². The summed E-state index contributed by atoms with van der Waals surface area (Å²) >= 11 is 0. The largest absolute Gasteiger partial charge is 0.342 e. The Bertz CT molecular complexity index is 501. The minimum Gasteiger partial charge on any atom is -0.342 e. The summed E-state index contributed by atoms with van der Waals surface area (Å²) in [7, 11) is 0. The summed E-state index contributed by atoms with van der Waals surface area (Å²) in [5, 5.41) is 2.78. The normalized spacial score (nSPS) is 14.6. The highest BCUT2D eigenvalue weighted by molar-refractivity contribution is 5.88. The fourth-order valence-electron chi connectivity index (χ4n) is 1.71. The maximum atomic E-state index is 11.5. The Kier molecular flexibility index (Phi) is 4.20. The van der Waals surface area contributed by atoms with Crippen molar-refractivity contribution in [3.05, 3.63) is 47.5 Å². The first-order valence-corrected chi connectivity index (χ1v) is 6.25. The highest BCUT2D eigenvalue weighted by atomic mass is 16.1. The van der Waals surface area contributed by atoms with Crippen LogP contribution in [0.1, 0.15) is 25.3 Å². The third kappa shape index (κ3) is 4.10. The van der Waals surface area contributed by atoms with Crippen LogP contribution in [0.4, 0.5) is 0 Å². The van der Waals surface area contributed by atoms with E-state index in [2.05, 4.69) is 17.2 Å². The average Bonchev–Trinajstić information content (AvgIpc) is 3.20. The van der Waals surface area contributed by atoms with E-state index in [1.807, 2.05) is 37.3 Å². The monoisotopic (exact) mass is 239 g/mol. The lowest BCUT2D eigenvalue weighted by Gasteiger charge is -1.98. The Morgan fingerprint density at radius 2 is 2.11 bits per heavy atom. The summed E-state index contributed by atoms with van der Waals surface area (Å²) in [5.74, 6) is 6.55. The number of nitrogens with one attached hydrogen (secondary N) is 1. The van der Waals surface area contributed by atoms with Gasteiger partial charge in [0.05, 0.1) is 6.54 Å². The van der Waals surface area contributed by atoms with Crippen LogP contribution in [0, 0.1) is 17.8 Å². The van der Waals surface area contributed by atoms with Gasteiger partial charge in [0, 0.05) is 11.6 Å². The quantitative estimate of drug-likeness (QED) is 0.637. The molecule has 0 aliphatic heterocycles. The molecule has 92 valence electrons. The minimum atomic E-state index is -0.0400. The van der Waals surface area contributed by atoms with Gasteiger partial charge in [-0.05, 0) is 37.8 Å². The zero-order valence-corrected chi connectivity index (χ0v) is 10.6. The average molecular weight is 239 g/mol. The fourth-order valence-corrected chi connectivity index (χ4v) is 1.71. The number of benzene rings is 1. The third-order valence-corrected chi connectivity index (χ3v) is 2.94. The summed E-state index contributed by atoms with van der Waals surface area (Å²) in [6.45, 7) is 2.41. The van der Waals surface area contributed by atoms with Crippen LogP contribution >= 0.6 is 0 Å². The molecule has 1 aliphatic rings. The lowest BCUT2D eigenvalue weighted by Crippen LogP contribution is -2.21. The molecule has 1 aromatic rings. The third-order valence-electron chi connectivity index (χ3n) is 2.94. The van der Waals surface area contributed by atoms with Gasteiger partial charge in [0.1, 0.15) is 0 Å². The molecule has 0 aromatic heterocycles. The van der Waals surface area contributed by atoms with Crippen LogP contribution < -0.4 is 5.32 Å². The number of allylic oxidation sites excluding steroid dienone is 1. The van der Waals surface area contributed by atoms with E-state index in [-0.39, 0.29) is 5.91 Å². The Morgan fingerprint density at radius 1 is 1.39 bits per heavy atom. The minimum absolute atomic E-state index is 0.0400. The van der Waals surface area contributed by atoms with Gasteiger partial charge >= 0.3 is 0 Å². The maximum absolute atomic E-state index is 11.5. The van der Waals surface area contributed by atoms with Crippen LogP contribution in [0.2, 0.25) is 0 Å². The van der Waals surface area contributed by atoms with Crippen LogP contribution in [0.5, 0.6) is 0 Å². The number of hydrogen-bond acceptors (Lipinski definition) is 1. The summed E-state index contributed by atoms with van der Waals surface area (Å²) in [6.07, 6.45) is 4.15. The topological polar surface area (TPSA) is 29.1 Å². The standard InChI is InChI=1S/C16H17NO/c1-13(15-9-10-15)12-16(18)17-11-5-8-14-6-3-2-4-7-14/h2-4,6-7,12,15H,9-11H2,1H3,(H,17,18)/b13-12+. The van der Waals surface area contributed by atoms with Crippen molar-refractivity contribution < 1.29 is 4.79 Å². The zero-order valence-electron chi connectivity index (χ0n) is 10.6. The molecule has 0 bridgehead atoms. The molecule has 18 heavy (non-hydrogen) atoms. The first-order valence-electron chi connectivity index (χ1n) is 6.25. The fraction of sp³-hybridized carbons (Fsp3) is 0.312. The van der Waals surface area contributed by atoms with Crippen molar-refractivity contribution >= 4 is 5.91 Å². The molecule has 0 unspecified atom stereocenters. The second-order valence-electron chi connectivity index (χ2n) is 4.55. The van der Waals surface area contributed by atoms with Crippen molar-refractivity contribution in [1.29, 1.82) is 0 Å². The lowest BCUT2D eigenvalue weighted by atomic mass is 10.2. The van der Waals surface area contributed by atoms with E-state index >= 15 is 0 Å². The van der Waals surface area contributed by atoms with Gasteiger partial charge in [-0.2, -0.15) is 0 Å². The Hall–Kier alpha value is -2.01. The van der Waals surface area contributed by atoms with Gasteiger partial charge in [-0.25, -0.2) is 0 Å². The summed E-state index contributed by atoms with van der Waals surface area (Å²) in [6, 6.07) is 9.75. The van der Waals surface area contributed by atoms with Crippen LogP contribution in [0.3, 0.4) is 0 Å². The van der Waals surface area contributed by atoms with Gasteiger partial charge < -0.3 is 5.32 Å². The predicted molar refractivity (Wildman–Crippen MR) is 72.8 cm³/mol. The highest BCUT2D eigenvalue weighted by Crippen LogP contribution is 2.35. The van der Waals surface area contributed by atoms with Crippen molar-refractivity contribution in [1.82, 2.24) is 5.32 Å². The Labute approximate surface area is 108 Å². The maximum Gasteiger partial charge on any atom is 0.244 e. The number of carbonyl (C=O) groups excluding carboxylic acids is 1. The van der Waals surface area contributed by atoms with Crippen molar-refractivity contribution in [2.24, 2.45) is 5.92 Å². The van der Waals surface area contributed by atoms with Gasteiger partial charge in [0.25, 0.3) is 0 Å². The predicted octanol–water partition coefficient (Wildman–Crippen LogP) is 2.51. The van der Waals surface area contributed by atoms with Crippen molar-refractivity contribution in [3.63, 3.8) is 0 Å². The van der Waals surface area contributed by atoms with Crippen molar-refractivity contribution in [2.75, 3.05) is 6.54 Å². The first kappa shape index (κ1) is 12.4. The summed E-state index contributed by atoms with van der Waals surface area (Å²) < 4.78 is 0. The number of rotatable bonds is 3. The highest BCUT2D eigenvalue weighted by Gasteiger charge is 2.23. The second-order valence-corrected chi connectivity index (χ2v) is 4.55. The van der Waals surface area contributed by atoms with Crippen LogP contribution in [0.25, 0.3) is 0 Å². The van der Waals surface area contributed by atoms with E-state index in [9.17, 15) is 4.79 Å². The Morgan fingerprint density at radius 3 is 2.78 bits per heavy atom. The molecule has 1 aromatic carbocycles. The van der Waals surface area contributed by atoms with E-state index in [4.69, 9.17) is 0 Å². The van der Waals surface area contributed by atoms with Gasteiger partial charge in [-0.1, -0.05) is 35.6 Å². The molecule has 0 atom stereocenters. The van der Waals surface area contributed by atoms with Gasteiger partial charge in [0.15, 0.2) is 0 Å². The molecule has 2 rings (SSSR count). The van der Waals surface area contributed by atoms with Gasteiger partial charge in [0.2, 0.25) is 5.91 Å². The summed E-state index contributed by atoms with van der Waals surface area (Å²) in [4.78, 5) is 11.5. The first-order chi connectivity index (χ1) is 8.75.